The predicted molar refractivity (Wildman–Crippen MR) is 347 cm³/mol. The maximum absolute atomic E-state index is 11.0. The molecular formula is C69H124N4O13. The molecule has 0 spiro atoms. The Kier molecular flexibility index (Phi) is 56.5. The summed E-state index contributed by atoms with van der Waals surface area (Å²) in [4.78, 5) is 85.4. The Labute approximate surface area is 522 Å². The van der Waals surface area contributed by atoms with Crippen LogP contribution in [-0.4, -0.2) is 97.7 Å². The number of benzene rings is 1. The minimum absolute atomic E-state index is 0.0266. The van der Waals surface area contributed by atoms with E-state index in [1.54, 1.807) is 33.8 Å². The summed E-state index contributed by atoms with van der Waals surface area (Å²) in [6.45, 7) is 45.9. The first-order valence-electron chi connectivity index (χ1n) is 31.6. The van der Waals surface area contributed by atoms with E-state index in [2.05, 4.69) is 71.4 Å². The first-order chi connectivity index (χ1) is 39.8. The van der Waals surface area contributed by atoms with Gasteiger partial charge in [-0.2, -0.15) is 5.26 Å². The van der Waals surface area contributed by atoms with Gasteiger partial charge in [0.1, 0.15) is 18.8 Å². The molecule has 4 N–H and O–H groups in total. The fourth-order valence-electron chi connectivity index (χ4n) is 5.82. The second-order valence-corrected chi connectivity index (χ2v) is 26.1. The zero-order chi connectivity index (χ0) is 67.5. The number of nitrogens with one attached hydrogen (secondary N) is 3. The average molecular weight is 1220 g/mol. The molecule has 0 bridgehead atoms. The Morgan fingerprint density at radius 3 is 1.40 bits per heavy atom. The summed E-state index contributed by atoms with van der Waals surface area (Å²) in [7, 11) is 1.41. The van der Waals surface area contributed by atoms with E-state index in [9.17, 15) is 38.4 Å². The highest BCUT2D eigenvalue weighted by Crippen LogP contribution is 2.29. The van der Waals surface area contributed by atoms with Crippen molar-refractivity contribution in [3.8, 4) is 6.07 Å². The van der Waals surface area contributed by atoms with Gasteiger partial charge in [-0.05, 0) is 120 Å². The number of amides is 3. The molecule has 0 atom stereocenters. The fourth-order valence-corrected chi connectivity index (χ4v) is 5.82. The number of nitriles is 1. The summed E-state index contributed by atoms with van der Waals surface area (Å²) in [6, 6.07) is 13.0. The van der Waals surface area contributed by atoms with E-state index >= 15 is 0 Å². The van der Waals surface area contributed by atoms with Crippen LogP contribution in [0.1, 0.15) is 228 Å². The van der Waals surface area contributed by atoms with Crippen LogP contribution in [0.15, 0.2) is 43.0 Å². The van der Waals surface area contributed by atoms with E-state index < -0.39 is 5.97 Å². The van der Waals surface area contributed by atoms with Gasteiger partial charge in [-0.3, -0.25) is 38.4 Å². The van der Waals surface area contributed by atoms with Crippen molar-refractivity contribution in [3.63, 3.8) is 0 Å². The summed E-state index contributed by atoms with van der Waals surface area (Å²) in [5.41, 5.74) is 1.13. The second-order valence-electron chi connectivity index (χ2n) is 26.1. The number of hydrogen-bond acceptors (Lipinski definition) is 13. The number of aliphatic carboxylic acids is 1. The van der Waals surface area contributed by atoms with Crippen LogP contribution < -0.4 is 16.0 Å². The van der Waals surface area contributed by atoms with Crippen molar-refractivity contribution in [2.24, 2.45) is 65.1 Å². The van der Waals surface area contributed by atoms with E-state index in [-0.39, 0.29) is 95.7 Å². The van der Waals surface area contributed by atoms with Crippen LogP contribution in [0.3, 0.4) is 0 Å². The molecule has 0 aliphatic heterocycles. The summed E-state index contributed by atoms with van der Waals surface area (Å²) >= 11 is 0. The van der Waals surface area contributed by atoms with Gasteiger partial charge >= 0.3 is 29.8 Å². The average Bonchev–Trinajstić information content (AvgIpc) is 4.42. The molecule has 0 unspecified atom stereocenters. The molecule has 0 radical (unpaired) electrons. The molecule has 86 heavy (non-hydrogen) atoms. The summed E-state index contributed by atoms with van der Waals surface area (Å²) in [5.74, 6) is 2.75. The number of methoxy groups -OCH3 is 1. The lowest BCUT2D eigenvalue weighted by Gasteiger charge is -2.27. The number of ether oxygens (including phenoxy) is 4. The lowest BCUT2D eigenvalue weighted by Crippen LogP contribution is -2.41. The highest BCUT2D eigenvalue weighted by atomic mass is 16.6. The van der Waals surface area contributed by atoms with Crippen molar-refractivity contribution >= 4 is 47.6 Å². The monoisotopic (exact) mass is 1220 g/mol. The molecule has 0 heterocycles. The number of carboxylic acid groups (broad SMARTS) is 1. The Bertz CT molecular complexity index is 1960. The van der Waals surface area contributed by atoms with E-state index in [0.717, 1.165) is 18.4 Å². The van der Waals surface area contributed by atoms with E-state index in [4.69, 9.17) is 24.6 Å². The lowest BCUT2D eigenvalue weighted by atomic mass is 9.93. The smallest absolute Gasteiger partial charge is 0.308 e. The van der Waals surface area contributed by atoms with Crippen molar-refractivity contribution in [2.75, 3.05) is 33.4 Å². The van der Waals surface area contributed by atoms with E-state index in [1.807, 2.05) is 110 Å². The van der Waals surface area contributed by atoms with Crippen molar-refractivity contribution in [3.05, 3.63) is 48.6 Å². The highest BCUT2D eigenvalue weighted by Gasteiger charge is 2.24. The molecule has 3 fully saturated rings. The molecule has 3 aliphatic carbocycles. The van der Waals surface area contributed by atoms with Crippen LogP contribution in [0, 0.1) is 76.4 Å². The van der Waals surface area contributed by atoms with Gasteiger partial charge in [0.05, 0.1) is 31.6 Å². The van der Waals surface area contributed by atoms with Crippen LogP contribution in [0.2, 0.25) is 0 Å². The van der Waals surface area contributed by atoms with Gasteiger partial charge < -0.3 is 40.0 Å². The molecule has 3 saturated carbocycles. The Hall–Kier alpha value is -5.79. The van der Waals surface area contributed by atoms with Gasteiger partial charge in [-0.15, -0.1) is 0 Å². The number of carbonyl (C=O) groups is 8. The lowest BCUT2D eigenvalue weighted by molar-refractivity contribution is -0.156. The Morgan fingerprint density at radius 2 is 1.07 bits per heavy atom. The number of esters is 4. The first kappa shape index (κ1) is 89.0. The zero-order valence-electron chi connectivity index (χ0n) is 57.9. The molecule has 17 heteroatoms. The van der Waals surface area contributed by atoms with Gasteiger partial charge in [0.2, 0.25) is 17.7 Å². The third-order valence-electron chi connectivity index (χ3n) is 11.5. The van der Waals surface area contributed by atoms with Crippen LogP contribution in [-0.2, 0) is 63.7 Å². The van der Waals surface area contributed by atoms with Crippen molar-refractivity contribution in [1.29, 1.82) is 5.26 Å². The minimum Gasteiger partial charge on any atom is -0.481 e. The molecule has 498 valence electrons. The van der Waals surface area contributed by atoms with Gasteiger partial charge in [-0.25, -0.2) is 0 Å². The first-order valence-corrected chi connectivity index (χ1v) is 31.6. The van der Waals surface area contributed by atoms with Crippen molar-refractivity contribution in [2.45, 2.75) is 241 Å². The van der Waals surface area contributed by atoms with Crippen LogP contribution in [0.25, 0.3) is 0 Å². The van der Waals surface area contributed by atoms with Gasteiger partial charge in [-0.1, -0.05) is 174 Å². The van der Waals surface area contributed by atoms with Gasteiger partial charge in [0.25, 0.3) is 0 Å². The molecule has 1 aromatic carbocycles. The number of hydrogen-bond donors (Lipinski definition) is 4. The zero-order valence-corrected chi connectivity index (χ0v) is 57.9. The summed E-state index contributed by atoms with van der Waals surface area (Å²) in [5, 5.41) is 24.4. The van der Waals surface area contributed by atoms with E-state index in [1.165, 1.54) is 76.9 Å². The van der Waals surface area contributed by atoms with Crippen LogP contribution in [0.4, 0.5) is 0 Å². The third kappa shape index (κ3) is 70.7. The van der Waals surface area contributed by atoms with Gasteiger partial charge in [0.15, 0.2) is 0 Å². The molecule has 4 rings (SSSR count). The van der Waals surface area contributed by atoms with Gasteiger partial charge in [0, 0.05) is 49.6 Å². The molecule has 3 aliphatic rings. The fraction of sp³-hybridized carbons (Fsp3) is 0.754. The topological polar surface area (TPSA) is 254 Å². The van der Waals surface area contributed by atoms with E-state index in [0.29, 0.717) is 49.9 Å². The normalized spacial score (nSPS) is 12.8. The molecule has 0 aromatic heterocycles. The van der Waals surface area contributed by atoms with Crippen molar-refractivity contribution < 1.29 is 62.4 Å². The quantitative estimate of drug-likeness (QED) is 0.0344. The molecule has 3 amide bonds. The third-order valence-corrected chi connectivity index (χ3v) is 11.5. The Morgan fingerprint density at radius 1 is 0.616 bits per heavy atom. The number of carbonyl (C=O) groups excluding carboxylic acids is 7. The highest BCUT2D eigenvalue weighted by molar-refractivity contribution is 5.79. The minimum atomic E-state index is -0.713. The SMILES string of the molecule is C=CCOC(=O)C(C)C.CC(C)C(=O)NC1CCC1.CC(C)C(=O)NCC#N.CC(C)C(=O)NCC1CC1.CC(C)C(=O)OCC1CC1.CC(C)CC(=O)O.CC(C)CC(=O)OC(C)(C)C.CC(C)CCCc1ccccc1.COC(=O)CC(C)C. The van der Waals surface area contributed by atoms with Crippen LogP contribution >= 0.6 is 0 Å². The number of carboxylic acids is 1. The summed E-state index contributed by atoms with van der Waals surface area (Å²) < 4.78 is 19.2. The number of aryl methyl sites for hydroxylation is 1. The maximum Gasteiger partial charge on any atom is 0.308 e. The van der Waals surface area contributed by atoms with Crippen LogP contribution in [0.5, 0.6) is 0 Å². The number of rotatable bonds is 23. The largest absolute Gasteiger partial charge is 0.481 e. The predicted octanol–water partition coefficient (Wildman–Crippen LogP) is 14.1. The molecule has 17 nitrogen and oxygen atoms in total. The molecule has 0 saturated heterocycles. The molecule has 1 aromatic rings. The maximum atomic E-state index is 11.0. The number of nitrogens with zero attached hydrogens (tertiary/aromatic N) is 1. The second kappa shape index (κ2) is 54.6. The summed E-state index contributed by atoms with van der Waals surface area (Å²) in [6.07, 6.45) is 15.5. The molecular weight excluding hydrogens is 1090 g/mol. The Balaban J connectivity index is -0.000000287. The van der Waals surface area contributed by atoms with Crippen molar-refractivity contribution in [1.82, 2.24) is 16.0 Å². The standard InChI is InChI=1S/C12H18.C9H18O2.2C8H15NO.C8H14O2.C7H12O2.C6H10N2O.C6H12O2.C5H10O2/c1-11(2)7-6-10-12-8-4-3-5-9-12;1-7(2)6-8(10)11-9(3,4)5;1-6(2)8(10)9-5-7-3-4-7;1-6(2)8(10)9-7-4-3-5-7;1-6(2)8(9)10-5-7-3-4-7;1-4-5-9-7(8)6(2)3;1-5(2)6(9)8-4-3-7;1-5(2)4-6(7)8-3;1-4(2)3-5(6)7/h3-5,8-9,11H,6-7,10H2,1-2H3;7H,6H2,1-5H3;2*6-7H,3-5H2,1-2H3,(H,9,10);6-7H,3-5H2,1-2H3;4,6H,1,5H2,2-3H3;5H,4H2,1-2H3,(H,8,9);5H,4H2,1-3H3;4H,3H2,1-2H3,(H,6,7).